The summed E-state index contributed by atoms with van der Waals surface area (Å²) in [6.07, 6.45) is 10.0. The van der Waals surface area contributed by atoms with Crippen LogP contribution >= 0.6 is 11.8 Å². The minimum atomic E-state index is -3.25. The molecule has 0 aromatic heterocycles. The molecular formula is C68H104O8S2. The van der Waals surface area contributed by atoms with Gasteiger partial charge in [0.15, 0.2) is 9.84 Å². The van der Waals surface area contributed by atoms with Crippen LogP contribution in [0.15, 0.2) is 72.8 Å². The van der Waals surface area contributed by atoms with Crippen molar-refractivity contribution in [3.63, 3.8) is 0 Å². The molecule has 2 atom stereocenters. The average molecular weight is 1110 g/mol. The highest BCUT2D eigenvalue weighted by Gasteiger charge is 2.33. The first-order chi connectivity index (χ1) is 36.7. The molecule has 436 valence electrons. The smallest absolute Gasteiger partial charge is 0.305 e. The van der Waals surface area contributed by atoms with Crippen molar-refractivity contribution < 1.29 is 37.7 Å². The zero-order valence-electron chi connectivity index (χ0n) is 51.4. The Balaban J connectivity index is 0.000000411. The maximum atomic E-state index is 12.6. The molecule has 4 aromatic carbocycles. The minimum Gasteiger partial charge on any atom is -0.466 e. The Labute approximate surface area is 479 Å². The van der Waals surface area contributed by atoms with Crippen molar-refractivity contribution in [3.05, 3.63) is 140 Å². The van der Waals surface area contributed by atoms with E-state index in [2.05, 4.69) is 170 Å². The number of hydrogen-bond donors (Lipinski definition) is 2. The largest absolute Gasteiger partial charge is 0.466 e. The summed E-state index contributed by atoms with van der Waals surface area (Å²) in [7, 11) is -3.25. The molecule has 0 aliphatic carbocycles. The van der Waals surface area contributed by atoms with Crippen molar-refractivity contribution in [1.29, 1.82) is 0 Å². The average Bonchev–Trinajstić information content (AvgIpc) is 3.37. The fourth-order valence-electron chi connectivity index (χ4n) is 10.9. The number of aliphatic hydroxyl groups is 2. The lowest BCUT2D eigenvalue weighted by atomic mass is 9.69. The predicted octanol–water partition coefficient (Wildman–Crippen LogP) is 15.4. The molecule has 0 heterocycles. The van der Waals surface area contributed by atoms with E-state index in [1.165, 1.54) is 55.6 Å². The van der Waals surface area contributed by atoms with E-state index in [-0.39, 0.29) is 63.7 Å². The molecular weight excluding hydrogens is 1010 g/mol. The first-order valence-electron chi connectivity index (χ1n) is 29.5. The van der Waals surface area contributed by atoms with Gasteiger partial charge in [-0.15, -0.1) is 0 Å². The van der Waals surface area contributed by atoms with Gasteiger partial charge in [-0.25, -0.2) is 8.42 Å². The first kappa shape index (κ1) is 68.3. The van der Waals surface area contributed by atoms with Crippen molar-refractivity contribution in [2.24, 2.45) is 10.8 Å². The minimum absolute atomic E-state index is 0.000644. The van der Waals surface area contributed by atoms with Gasteiger partial charge in [-0.2, -0.15) is 11.8 Å². The highest BCUT2D eigenvalue weighted by molar-refractivity contribution is 7.99. The van der Waals surface area contributed by atoms with Gasteiger partial charge in [-0.3, -0.25) is 9.59 Å². The van der Waals surface area contributed by atoms with Crippen LogP contribution in [0, 0.1) is 38.5 Å². The maximum Gasteiger partial charge on any atom is 0.305 e. The summed E-state index contributed by atoms with van der Waals surface area (Å²) in [5.74, 6) is 1.72. The zero-order chi connectivity index (χ0) is 58.5. The predicted molar refractivity (Wildman–Crippen MR) is 330 cm³/mol. The molecule has 8 nitrogen and oxygen atoms in total. The zero-order valence-corrected chi connectivity index (χ0v) is 53.0. The molecule has 2 N–H and O–H groups in total. The third-order valence-corrected chi connectivity index (χ3v) is 19.5. The number of carbonyl (C=O) groups is 2. The number of thioether (sulfide) groups is 1. The molecule has 0 saturated carbocycles. The molecule has 0 bridgehead atoms. The van der Waals surface area contributed by atoms with Gasteiger partial charge in [-0.1, -0.05) is 142 Å². The lowest BCUT2D eigenvalue weighted by Gasteiger charge is -2.34. The van der Waals surface area contributed by atoms with Crippen LogP contribution < -0.4 is 0 Å². The molecule has 4 aromatic rings. The second-order valence-corrected chi connectivity index (χ2v) is 27.6. The number of sulfone groups is 1. The van der Waals surface area contributed by atoms with Gasteiger partial charge < -0.3 is 19.7 Å². The highest BCUT2D eigenvalue weighted by atomic mass is 32.2. The van der Waals surface area contributed by atoms with Gasteiger partial charge in [0.05, 0.1) is 36.9 Å². The van der Waals surface area contributed by atoms with Crippen molar-refractivity contribution in [2.45, 2.75) is 224 Å². The number of esters is 2. The van der Waals surface area contributed by atoms with Crippen LogP contribution in [0.25, 0.3) is 0 Å². The Morgan fingerprint density at radius 2 is 0.821 bits per heavy atom. The number of aliphatic hydroxyl groups excluding tert-OH is 2. The summed E-state index contributed by atoms with van der Waals surface area (Å²) in [5.41, 5.74) is 15.1. The van der Waals surface area contributed by atoms with Crippen LogP contribution in [0.1, 0.15) is 214 Å². The lowest BCUT2D eigenvalue weighted by Crippen LogP contribution is -2.27. The summed E-state index contributed by atoms with van der Waals surface area (Å²) < 4.78 is 35.1. The van der Waals surface area contributed by atoms with Gasteiger partial charge in [0.2, 0.25) is 0 Å². The second kappa shape index (κ2) is 31.9. The van der Waals surface area contributed by atoms with E-state index >= 15 is 0 Å². The van der Waals surface area contributed by atoms with E-state index in [1.54, 1.807) is 6.92 Å². The monoisotopic (exact) mass is 1110 g/mol. The van der Waals surface area contributed by atoms with Crippen LogP contribution in [0.5, 0.6) is 0 Å². The third kappa shape index (κ3) is 20.2. The van der Waals surface area contributed by atoms with E-state index < -0.39 is 9.84 Å². The standard InChI is InChI=1S/C34H52O5S.C34H52O3S/c1-9-34(10-2,29-17-14-27(25(4)23-29)16-19-31(35)33(6,7)8)30-18-15-28(26(5)24-30)20-22-40(37,38)21-12-13-32(36)39-11-3;1-9-34(10-2,29-17-14-27(25(4)23-29)16-19-31(35)33(6,7)8)30-18-15-28(26(5)24-30)20-22-38-21-12-13-32(36)37-11-3/h14-15,17-18,23-24,31,35H,9-13,16,19-22H2,1-8H3;14-15,17-18,23-24,31,35H,9-13,16,19-22H2,1-8H3. The number of aryl methyl sites for hydroxylation is 8. The Hall–Kier alpha value is -3.96. The van der Waals surface area contributed by atoms with E-state index in [9.17, 15) is 28.2 Å². The Morgan fingerprint density at radius 1 is 0.487 bits per heavy atom. The van der Waals surface area contributed by atoms with Crippen LogP contribution in [-0.2, 0) is 65.4 Å². The molecule has 0 amide bonds. The highest BCUT2D eigenvalue weighted by Crippen LogP contribution is 2.42. The quantitative estimate of drug-likeness (QED) is 0.0388. The Bertz CT molecular complexity index is 2590. The van der Waals surface area contributed by atoms with Gasteiger partial charge in [-0.05, 0) is 208 Å². The fourth-order valence-corrected chi connectivity index (χ4v) is 13.1. The molecule has 0 spiro atoms. The summed E-state index contributed by atoms with van der Waals surface area (Å²) in [6.45, 7) is 34.7. The van der Waals surface area contributed by atoms with E-state index in [0.29, 0.717) is 32.5 Å². The lowest BCUT2D eigenvalue weighted by molar-refractivity contribution is -0.144. The summed E-state index contributed by atoms with van der Waals surface area (Å²) in [5, 5.41) is 21.0. The van der Waals surface area contributed by atoms with Gasteiger partial charge in [0, 0.05) is 23.7 Å². The molecule has 4 rings (SSSR count). The molecule has 0 saturated heterocycles. The fraction of sp³-hybridized carbons (Fsp3) is 0.618. The number of rotatable bonds is 30. The summed E-state index contributed by atoms with van der Waals surface area (Å²) in [4.78, 5) is 23.0. The van der Waals surface area contributed by atoms with E-state index in [1.807, 2.05) is 18.7 Å². The van der Waals surface area contributed by atoms with Crippen molar-refractivity contribution >= 4 is 33.5 Å². The van der Waals surface area contributed by atoms with E-state index in [4.69, 9.17) is 9.47 Å². The third-order valence-electron chi connectivity index (χ3n) is 16.7. The number of benzene rings is 4. The molecule has 10 heteroatoms. The topological polar surface area (TPSA) is 127 Å². The Kier molecular flexibility index (Phi) is 27.9. The molecule has 78 heavy (non-hydrogen) atoms. The van der Waals surface area contributed by atoms with Crippen LogP contribution in [0.3, 0.4) is 0 Å². The number of ether oxygens (including phenoxy) is 2. The van der Waals surface area contributed by atoms with Crippen molar-refractivity contribution in [3.8, 4) is 0 Å². The summed E-state index contributed by atoms with van der Waals surface area (Å²) >= 11 is 1.92. The second-order valence-electron chi connectivity index (χ2n) is 24.1. The molecule has 0 aliphatic rings. The molecule has 2 unspecified atom stereocenters. The maximum absolute atomic E-state index is 12.6. The van der Waals surface area contributed by atoms with Crippen molar-refractivity contribution in [1.82, 2.24) is 0 Å². The molecule has 0 fully saturated rings. The van der Waals surface area contributed by atoms with Crippen LogP contribution in [0.4, 0.5) is 0 Å². The SMILES string of the molecule is CCOC(=O)CCCS(=O)(=O)CCc1ccc(C(CC)(CC)c2ccc(CCC(O)C(C)(C)C)c(C)c2)cc1C.CCOC(=O)CCCSCCc1ccc(C(CC)(CC)c2ccc(CCC(O)C(C)(C)C)c(C)c2)cc1C. The number of hydrogen-bond acceptors (Lipinski definition) is 9. The summed E-state index contributed by atoms with van der Waals surface area (Å²) in [6, 6.07) is 27.4. The van der Waals surface area contributed by atoms with Gasteiger partial charge >= 0.3 is 11.9 Å². The van der Waals surface area contributed by atoms with Crippen LogP contribution in [0.2, 0.25) is 0 Å². The van der Waals surface area contributed by atoms with Gasteiger partial charge in [0.25, 0.3) is 0 Å². The number of carbonyl (C=O) groups excluding carboxylic acids is 2. The van der Waals surface area contributed by atoms with Gasteiger partial charge in [0.1, 0.15) is 0 Å². The first-order valence-corrected chi connectivity index (χ1v) is 32.5. The van der Waals surface area contributed by atoms with E-state index in [0.717, 1.165) is 86.8 Å². The molecule has 0 radical (unpaired) electrons. The van der Waals surface area contributed by atoms with Crippen molar-refractivity contribution in [2.75, 3.05) is 36.2 Å². The Morgan fingerprint density at radius 3 is 1.14 bits per heavy atom. The van der Waals surface area contributed by atoms with Crippen LogP contribution in [-0.4, -0.2) is 79.0 Å². The molecule has 0 aliphatic heterocycles. The normalized spacial score (nSPS) is 13.2.